The van der Waals surface area contributed by atoms with Gasteiger partial charge in [0.05, 0.1) is 13.5 Å². The van der Waals surface area contributed by atoms with E-state index in [9.17, 15) is 9.59 Å². The predicted molar refractivity (Wildman–Crippen MR) is 110 cm³/mol. The van der Waals surface area contributed by atoms with Crippen LogP contribution in [0.3, 0.4) is 0 Å². The van der Waals surface area contributed by atoms with Gasteiger partial charge in [-0.05, 0) is 66.6 Å². The lowest BCUT2D eigenvalue weighted by Gasteiger charge is -2.18. The van der Waals surface area contributed by atoms with E-state index >= 15 is 0 Å². The van der Waals surface area contributed by atoms with E-state index in [0.29, 0.717) is 17.2 Å². The number of esters is 1. The van der Waals surface area contributed by atoms with Crippen LogP contribution in [0.2, 0.25) is 0 Å². The molecule has 2 N–H and O–H groups in total. The molecular formula is C23H24N2O3. The zero-order chi connectivity index (χ0) is 19.7. The Balaban J connectivity index is 1.52. The second-order valence-electron chi connectivity index (χ2n) is 7.59. The number of aryl methyl sites for hydroxylation is 1. The molecule has 1 aromatic heterocycles. The number of carbonyl (C=O) groups excluding carboxylic acids is 2. The van der Waals surface area contributed by atoms with Gasteiger partial charge in [0.1, 0.15) is 0 Å². The lowest BCUT2D eigenvalue weighted by molar-refractivity contribution is -0.139. The molecule has 1 aliphatic carbocycles. The molecule has 0 saturated carbocycles. The molecule has 2 aromatic carbocycles. The molecule has 0 saturated heterocycles. The number of methoxy groups -OCH3 is 1. The first-order valence-electron chi connectivity index (χ1n) is 9.64. The number of benzene rings is 2. The van der Waals surface area contributed by atoms with E-state index in [0.717, 1.165) is 29.3 Å². The van der Waals surface area contributed by atoms with Gasteiger partial charge in [0, 0.05) is 27.8 Å². The van der Waals surface area contributed by atoms with Crippen molar-refractivity contribution in [2.75, 3.05) is 12.4 Å². The minimum absolute atomic E-state index is 0.138. The number of fused-ring (bicyclic) bond motifs is 3. The third kappa shape index (κ3) is 3.65. The summed E-state index contributed by atoms with van der Waals surface area (Å²) in [5, 5.41) is 4.09. The summed E-state index contributed by atoms with van der Waals surface area (Å²) in [6.07, 6.45) is 3.56. The SMILES string of the molecule is COC(=O)Cc1ccc(NC(=O)c2ccc3[nH]c4c(c3c2)CC(C)CC4)cc1. The average molecular weight is 376 g/mol. The summed E-state index contributed by atoms with van der Waals surface area (Å²) < 4.78 is 4.67. The Labute approximate surface area is 164 Å². The lowest BCUT2D eigenvalue weighted by atomic mass is 9.87. The van der Waals surface area contributed by atoms with Gasteiger partial charge in [-0.3, -0.25) is 9.59 Å². The van der Waals surface area contributed by atoms with Crippen LogP contribution in [0.4, 0.5) is 5.69 Å². The second-order valence-corrected chi connectivity index (χ2v) is 7.59. The number of ether oxygens (including phenoxy) is 1. The number of aromatic amines is 1. The van der Waals surface area contributed by atoms with Crippen LogP contribution in [0.15, 0.2) is 42.5 Å². The highest BCUT2D eigenvalue weighted by molar-refractivity contribution is 6.06. The van der Waals surface area contributed by atoms with Gasteiger partial charge in [0.15, 0.2) is 0 Å². The molecule has 1 heterocycles. The molecule has 0 radical (unpaired) electrons. The number of amides is 1. The van der Waals surface area contributed by atoms with Crippen LogP contribution in [0.1, 0.15) is 40.5 Å². The number of carbonyl (C=O) groups is 2. The van der Waals surface area contributed by atoms with Gasteiger partial charge in [-0.15, -0.1) is 0 Å². The maximum atomic E-state index is 12.7. The van der Waals surface area contributed by atoms with Crippen molar-refractivity contribution in [2.24, 2.45) is 5.92 Å². The van der Waals surface area contributed by atoms with Gasteiger partial charge in [-0.25, -0.2) is 0 Å². The third-order valence-electron chi connectivity index (χ3n) is 5.48. The van der Waals surface area contributed by atoms with E-state index in [4.69, 9.17) is 0 Å². The number of hydrogen-bond acceptors (Lipinski definition) is 3. The first-order valence-corrected chi connectivity index (χ1v) is 9.64. The second kappa shape index (κ2) is 7.50. The fourth-order valence-electron chi connectivity index (χ4n) is 3.88. The molecule has 28 heavy (non-hydrogen) atoms. The van der Waals surface area contributed by atoms with Gasteiger partial charge in [0.2, 0.25) is 0 Å². The van der Waals surface area contributed by atoms with Gasteiger partial charge in [-0.1, -0.05) is 19.1 Å². The molecule has 1 unspecified atom stereocenters. The van der Waals surface area contributed by atoms with Gasteiger partial charge in [0.25, 0.3) is 5.91 Å². The van der Waals surface area contributed by atoms with E-state index in [1.165, 1.54) is 24.8 Å². The number of H-pyrrole nitrogens is 1. The molecule has 0 aliphatic heterocycles. The Morgan fingerprint density at radius 1 is 1.18 bits per heavy atom. The first kappa shape index (κ1) is 18.3. The predicted octanol–water partition coefficient (Wildman–Crippen LogP) is 4.26. The molecule has 3 aromatic rings. The third-order valence-corrected chi connectivity index (χ3v) is 5.48. The standard InChI is InChI=1S/C23H24N2O3/c1-14-3-9-20-18(11-14)19-13-16(6-10-21(19)25-20)23(27)24-17-7-4-15(5-8-17)12-22(26)28-2/h4-8,10,13-14,25H,3,9,11-12H2,1-2H3,(H,24,27). The van der Waals surface area contributed by atoms with Crippen molar-refractivity contribution in [3.8, 4) is 0 Å². The smallest absolute Gasteiger partial charge is 0.309 e. The summed E-state index contributed by atoms with van der Waals surface area (Å²) in [5.41, 5.74) is 5.96. The number of rotatable bonds is 4. The molecule has 5 nitrogen and oxygen atoms in total. The molecule has 144 valence electrons. The van der Waals surface area contributed by atoms with Crippen LogP contribution in [0.25, 0.3) is 10.9 Å². The molecule has 1 atom stereocenters. The van der Waals surface area contributed by atoms with Crippen molar-refractivity contribution < 1.29 is 14.3 Å². The summed E-state index contributed by atoms with van der Waals surface area (Å²) in [7, 11) is 1.37. The van der Waals surface area contributed by atoms with Crippen molar-refractivity contribution in [1.29, 1.82) is 0 Å². The zero-order valence-corrected chi connectivity index (χ0v) is 16.2. The summed E-state index contributed by atoms with van der Waals surface area (Å²) in [6.45, 7) is 2.28. The molecule has 0 spiro atoms. The Hall–Kier alpha value is -3.08. The lowest BCUT2D eigenvalue weighted by Crippen LogP contribution is -2.12. The fraction of sp³-hybridized carbons (Fsp3) is 0.304. The van der Waals surface area contributed by atoms with Crippen LogP contribution < -0.4 is 5.32 Å². The number of hydrogen-bond donors (Lipinski definition) is 2. The molecule has 1 amide bonds. The molecule has 0 bridgehead atoms. The molecule has 0 fully saturated rings. The van der Waals surface area contributed by atoms with Crippen LogP contribution in [0, 0.1) is 5.92 Å². The molecular weight excluding hydrogens is 352 g/mol. The van der Waals surface area contributed by atoms with E-state index in [-0.39, 0.29) is 18.3 Å². The minimum atomic E-state index is -0.283. The topological polar surface area (TPSA) is 71.2 Å². The molecule has 5 heteroatoms. The zero-order valence-electron chi connectivity index (χ0n) is 16.2. The van der Waals surface area contributed by atoms with Crippen molar-refractivity contribution in [1.82, 2.24) is 4.98 Å². The van der Waals surface area contributed by atoms with Crippen LogP contribution >= 0.6 is 0 Å². The Morgan fingerprint density at radius 2 is 1.96 bits per heavy atom. The van der Waals surface area contributed by atoms with Gasteiger partial charge < -0.3 is 15.0 Å². The fourth-order valence-corrected chi connectivity index (χ4v) is 3.88. The maximum absolute atomic E-state index is 12.7. The van der Waals surface area contributed by atoms with Crippen LogP contribution in [-0.4, -0.2) is 24.0 Å². The minimum Gasteiger partial charge on any atom is -0.469 e. The van der Waals surface area contributed by atoms with E-state index < -0.39 is 0 Å². The quantitative estimate of drug-likeness (QED) is 0.668. The van der Waals surface area contributed by atoms with Crippen LogP contribution in [0.5, 0.6) is 0 Å². The highest BCUT2D eigenvalue weighted by Gasteiger charge is 2.20. The van der Waals surface area contributed by atoms with E-state index in [2.05, 4.69) is 22.0 Å². The summed E-state index contributed by atoms with van der Waals surface area (Å²) in [5.74, 6) is 0.253. The number of anilines is 1. The van der Waals surface area contributed by atoms with Crippen molar-refractivity contribution in [3.05, 3.63) is 64.8 Å². The van der Waals surface area contributed by atoms with Crippen molar-refractivity contribution >= 4 is 28.5 Å². The molecule has 4 rings (SSSR count). The molecule has 1 aliphatic rings. The highest BCUT2D eigenvalue weighted by atomic mass is 16.5. The number of nitrogens with one attached hydrogen (secondary N) is 2. The van der Waals surface area contributed by atoms with Gasteiger partial charge in [-0.2, -0.15) is 0 Å². The summed E-state index contributed by atoms with van der Waals surface area (Å²) in [6, 6.07) is 13.1. The normalized spacial score (nSPS) is 15.9. The monoisotopic (exact) mass is 376 g/mol. The van der Waals surface area contributed by atoms with E-state index in [1.54, 1.807) is 12.1 Å². The highest BCUT2D eigenvalue weighted by Crippen LogP contribution is 2.32. The van der Waals surface area contributed by atoms with Crippen LogP contribution in [-0.2, 0) is 28.8 Å². The average Bonchev–Trinajstić information content (AvgIpc) is 3.06. The Morgan fingerprint density at radius 3 is 2.71 bits per heavy atom. The van der Waals surface area contributed by atoms with Crippen molar-refractivity contribution in [2.45, 2.75) is 32.6 Å². The summed E-state index contributed by atoms with van der Waals surface area (Å²) in [4.78, 5) is 27.6. The maximum Gasteiger partial charge on any atom is 0.309 e. The van der Waals surface area contributed by atoms with E-state index in [1.807, 2.05) is 30.3 Å². The Kier molecular flexibility index (Phi) is 4.90. The van der Waals surface area contributed by atoms with Gasteiger partial charge >= 0.3 is 5.97 Å². The Bertz CT molecular complexity index is 1030. The summed E-state index contributed by atoms with van der Waals surface area (Å²) >= 11 is 0. The number of aromatic nitrogens is 1. The largest absolute Gasteiger partial charge is 0.469 e. The van der Waals surface area contributed by atoms with Crippen molar-refractivity contribution in [3.63, 3.8) is 0 Å². The first-order chi connectivity index (χ1) is 13.5.